The van der Waals surface area contributed by atoms with E-state index in [4.69, 9.17) is 9.47 Å². The summed E-state index contributed by atoms with van der Waals surface area (Å²) in [5, 5.41) is 11.0. The van der Waals surface area contributed by atoms with E-state index in [0.29, 0.717) is 45.2 Å². The normalized spacial score (nSPS) is 29.2. The fourth-order valence-electron chi connectivity index (χ4n) is 4.54. The summed E-state index contributed by atoms with van der Waals surface area (Å²) >= 11 is 0. The fourth-order valence-corrected chi connectivity index (χ4v) is 4.54. The Balaban J connectivity index is 1.70. The van der Waals surface area contributed by atoms with E-state index in [0.717, 1.165) is 0 Å². The SMILES string of the molecule is CCOC(=O)[C@@H]1C[C@H]2CC(F)(CCn3cnnn3)CC[C@H]2CN1C(=O)OC(C)(C)C. The molecule has 10 heteroatoms. The van der Waals surface area contributed by atoms with Gasteiger partial charge in [0.2, 0.25) is 0 Å². The number of aryl methyl sites for hydroxylation is 1. The molecule has 1 aromatic rings. The van der Waals surface area contributed by atoms with Crippen LogP contribution in [0.3, 0.4) is 0 Å². The number of piperidine rings is 1. The summed E-state index contributed by atoms with van der Waals surface area (Å²) in [6.07, 6.45) is 3.10. The van der Waals surface area contributed by atoms with Gasteiger partial charge in [-0.15, -0.1) is 5.10 Å². The van der Waals surface area contributed by atoms with E-state index < -0.39 is 29.4 Å². The Morgan fingerprint density at radius 1 is 1.30 bits per heavy atom. The number of fused-ring (bicyclic) bond motifs is 1. The fraction of sp³-hybridized carbons (Fsp3) is 0.850. The zero-order chi connectivity index (χ0) is 21.9. The maximum Gasteiger partial charge on any atom is 0.411 e. The highest BCUT2D eigenvalue weighted by atomic mass is 19.1. The molecular weight excluding hydrogens is 393 g/mol. The molecule has 1 unspecified atom stereocenters. The zero-order valence-electron chi connectivity index (χ0n) is 18.2. The number of hydrogen-bond donors (Lipinski definition) is 0. The number of alkyl halides is 1. The van der Waals surface area contributed by atoms with Gasteiger partial charge in [-0.05, 0) is 75.6 Å². The van der Waals surface area contributed by atoms with Crippen molar-refractivity contribution in [1.29, 1.82) is 0 Å². The average molecular weight is 426 g/mol. The minimum absolute atomic E-state index is 0.00529. The van der Waals surface area contributed by atoms with Crippen molar-refractivity contribution in [2.24, 2.45) is 11.8 Å². The Hall–Kier alpha value is -2.26. The topological polar surface area (TPSA) is 99.4 Å². The number of amides is 1. The van der Waals surface area contributed by atoms with Crippen LogP contribution < -0.4 is 0 Å². The lowest BCUT2D eigenvalue weighted by atomic mass is 9.67. The standard InChI is InChI=1S/C20H32FN5O4/c1-5-29-17(27)16-10-15-11-20(21,8-9-25-13-22-23-24-25)7-6-14(15)12-26(16)18(28)30-19(2,3)4/h13-16H,5-12H2,1-4H3/t14-,15-,16-,20?/m0/s1. The third-order valence-corrected chi connectivity index (χ3v) is 5.96. The van der Waals surface area contributed by atoms with E-state index in [1.807, 2.05) is 0 Å². The molecule has 0 radical (unpaired) electrons. The first-order chi connectivity index (χ1) is 14.1. The van der Waals surface area contributed by atoms with Crippen molar-refractivity contribution in [3.05, 3.63) is 6.33 Å². The average Bonchev–Trinajstić information content (AvgIpc) is 3.18. The summed E-state index contributed by atoms with van der Waals surface area (Å²) < 4.78 is 27.8. The molecule has 0 N–H and O–H groups in total. The molecule has 1 saturated carbocycles. The Bertz CT molecular complexity index is 738. The molecule has 2 heterocycles. The maximum atomic E-state index is 15.6. The van der Waals surface area contributed by atoms with Crippen LogP contribution in [0.1, 0.15) is 59.8 Å². The highest BCUT2D eigenvalue weighted by Crippen LogP contribution is 2.46. The highest BCUT2D eigenvalue weighted by Gasteiger charge is 2.49. The predicted molar refractivity (Wildman–Crippen MR) is 105 cm³/mol. The van der Waals surface area contributed by atoms with Crippen molar-refractivity contribution in [3.8, 4) is 0 Å². The number of carbonyl (C=O) groups is 2. The van der Waals surface area contributed by atoms with Gasteiger partial charge in [0.25, 0.3) is 0 Å². The molecule has 3 rings (SSSR count). The smallest absolute Gasteiger partial charge is 0.411 e. The molecular formula is C20H32FN5O4. The van der Waals surface area contributed by atoms with E-state index in [2.05, 4.69) is 15.5 Å². The van der Waals surface area contributed by atoms with E-state index in [9.17, 15) is 9.59 Å². The van der Waals surface area contributed by atoms with Crippen LogP contribution in [0.4, 0.5) is 9.18 Å². The van der Waals surface area contributed by atoms with Gasteiger partial charge in [0.05, 0.1) is 6.61 Å². The second-order valence-electron chi connectivity index (χ2n) is 9.37. The van der Waals surface area contributed by atoms with Crippen LogP contribution in [0.5, 0.6) is 0 Å². The van der Waals surface area contributed by atoms with E-state index in [1.54, 1.807) is 27.7 Å². The lowest BCUT2D eigenvalue weighted by Crippen LogP contribution is -2.57. The molecule has 1 aromatic heterocycles. The van der Waals surface area contributed by atoms with Crippen molar-refractivity contribution in [3.63, 3.8) is 0 Å². The number of hydrogen-bond acceptors (Lipinski definition) is 7. The Morgan fingerprint density at radius 2 is 2.07 bits per heavy atom. The van der Waals surface area contributed by atoms with Gasteiger partial charge < -0.3 is 9.47 Å². The molecule has 2 aliphatic rings. The van der Waals surface area contributed by atoms with Crippen molar-refractivity contribution >= 4 is 12.1 Å². The number of rotatable bonds is 5. The number of halogens is 1. The summed E-state index contributed by atoms with van der Waals surface area (Å²) in [4.78, 5) is 26.9. The number of tetrazole rings is 1. The monoisotopic (exact) mass is 425 g/mol. The second kappa shape index (κ2) is 8.85. The first-order valence-electron chi connectivity index (χ1n) is 10.7. The first-order valence-corrected chi connectivity index (χ1v) is 10.7. The summed E-state index contributed by atoms with van der Waals surface area (Å²) in [5.74, 6) is -0.309. The number of esters is 1. The molecule has 2 fully saturated rings. The molecule has 0 bridgehead atoms. The van der Waals surface area contributed by atoms with Gasteiger partial charge in [-0.1, -0.05) is 0 Å². The van der Waals surface area contributed by atoms with Crippen molar-refractivity contribution < 1.29 is 23.5 Å². The molecule has 30 heavy (non-hydrogen) atoms. The largest absolute Gasteiger partial charge is 0.464 e. The molecule has 1 amide bonds. The van der Waals surface area contributed by atoms with Crippen molar-refractivity contribution in [2.45, 2.75) is 83.7 Å². The molecule has 4 atom stereocenters. The minimum Gasteiger partial charge on any atom is -0.464 e. The van der Waals surface area contributed by atoms with Crippen LogP contribution in [-0.4, -0.2) is 67.6 Å². The molecule has 1 saturated heterocycles. The van der Waals surface area contributed by atoms with Crippen molar-refractivity contribution in [1.82, 2.24) is 25.1 Å². The third kappa shape index (κ3) is 5.46. The minimum atomic E-state index is -1.33. The number of aromatic nitrogens is 4. The molecule has 0 aromatic carbocycles. The third-order valence-electron chi connectivity index (χ3n) is 5.96. The Morgan fingerprint density at radius 3 is 2.70 bits per heavy atom. The second-order valence-corrected chi connectivity index (χ2v) is 9.37. The Labute approximate surface area is 176 Å². The van der Waals surface area contributed by atoms with E-state index in [1.165, 1.54) is 15.9 Å². The Kier molecular flexibility index (Phi) is 6.62. The van der Waals surface area contributed by atoms with Gasteiger partial charge in [-0.25, -0.2) is 18.7 Å². The van der Waals surface area contributed by atoms with Crippen LogP contribution >= 0.6 is 0 Å². The lowest BCUT2D eigenvalue weighted by molar-refractivity contribution is -0.154. The molecule has 1 aliphatic heterocycles. The van der Waals surface area contributed by atoms with Crippen LogP contribution in [0.2, 0.25) is 0 Å². The number of carbonyl (C=O) groups excluding carboxylic acids is 2. The van der Waals surface area contributed by atoms with Crippen LogP contribution in [0.25, 0.3) is 0 Å². The van der Waals surface area contributed by atoms with Gasteiger partial charge in [0, 0.05) is 19.5 Å². The highest BCUT2D eigenvalue weighted by molar-refractivity contribution is 5.82. The molecule has 9 nitrogen and oxygen atoms in total. The van der Waals surface area contributed by atoms with Gasteiger partial charge in [-0.2, -0.15) is 0 Å². The first kappa shape index (κ1) is 22.4. The van der Waals surface area contributed by atoms with Gasteiger partial charge in [-0.3, -0.25) is 4.90 Å². The predicted octanol–water partition coefficient (Wildman–Crippen LogP) is 2.76. The van der Waals surface area contributed by atoms with Crippen LogP contribution in [0, 0.1) is 11.8 Å². The quantitative estimate of drug-likeness (QED) is 0.669. The zero-order valence-corrected chi connectivity index (χ0v) is 18.2. The van der Waals surface area contributed by atoms with Gasteiger partial charge >= 0.3 is 12.1 Å². The van der Waals surface area contributed by atoms with E-state index in [-0.39, 0.29) is 18.4 Å². The van der Waals surface area contributed by atoms with Crippen molar-refractivity contribution in [2.75, 3.05) is 13.2 Å². The molecule has 1 aliphatic carbocycles. The summed E-state index contributed by atoms with van der Waals surface area (Å²) in [6.45, 7) is 8.12. The number of likely N-dealkylation sites (tertiary alicyclic amines) is 1. The lowest BCUT2D eigenvalue weighted by Gasteiger charge is -2.48. The van der Waals surface area contributed by atoms with Gasteiger partial charge in [0.15, 0.2) is 0 Å². The maximum absolute atomic E-state index is 15.6. The van der Waals surface area contributed by atoms with E-state index >= 15 is 4.39 Å². The molecule has 0 spiro atoms. The summed E-state index contributed by atoms with van der Waals surface area (Å²) in [7, 11) is 0. The number of nitrogens with zero attached hydrogens (tertiary/aromatic N) is 5. The van der Waals surface area contributed by atoms with Crippen LogP contribution in [-0.2, 0) is 20.8 Å². The van der Waals surface area contributed by atoms with Gasteiger partial charge in [0.1, 0.15) is 23.6 Å². The van der Waals surface area contributed by atoms with Crippen LogP contribution in [0.15, 0.2) is 6.33 Å². The summed E-state index contributed by atoms with van der Waals surface area (Å²) in [5.41, 5.74) is -2.00. The molecule has 168 valence electrons. The number of ether oxygens (including phenoxy) is 2. The summed E-state index contributed by atoms with van der Waals surface area (Å²) in [6, 6.07) is -0.747.